The largest absolute Gasteiger partial charge is 0.481 e. The third-order valence-corrected chi connectivity index (χ3v) is 11.3. The number of hydrogen-bond donors (Lipinski definition) is 9. The molecule has 1 saturated heterocycles. The van der Waals surface area contributed by atoms with Crippen molar-refractivity contribution in [2.24, 2.45) is 28.6 Å². The minimum atomic E-state index is -1.72. The first kappa shape index (κ1) is 28.6. The highest BCUT2D eigenvalue weighted by molar-refractivity contribution is 5.72. The second-order valence-electron chi connectivity index (χ2n) is 12.8. The van der Waals surface area contributed by atoms with Crippen molar-refractivity contribution in [1.82, 2.24) is 0 Å². The van der Waals surface area contributed by atoms with E-state index in [-0.39, 0.29) is 44.9 Å². The molecule has 0 amide bonds. The maximum Gasteiger partial charge on any atom is 0.307 e. The van der Waals surface area contributed by atoms with Crippen LogP contribution < -0.4 is 0 Å². The fourth-order valence-corrected chi connectivity index (χ4v) is 9.30. The molecule has 15 atom stereocenters. The third kappa shape index (κ3) is 3.62. The first-order valence-corrected chi connectivity index (χ1v) is 13.7. The third-order valence-electron chi connectivity index (χ3n) is 11.3. The van der Waals surface area contributed by atoms with E-state index in [1.54, 1.807) is 6.92 Å². The van der Waals surface area contributed by atoms with Gasteiger partial charge in [-0.15, -0.1) is 0 Å². The molecular formula is C26H42O12. The monoisotopic (exact) mass is 546 g/mol. The van der Waals surface area contributed by atoms with E-state index in [2.05, 4.69) is 0 Å². The fraction of sp³-hybridized carbons (Fsp3) is 0.962. The van der Waals surface area contributed by atoms with Gasteiger partial charge in [0.25, 0.3) is 0 Å². The molecule has 1 unspecified atom stereocenters. The Labute approximate surface area is 220 Å². The molecule has 5 fully saturated rings. The molecule has 4 aliphatic carbocycles. The summed E-state index contributed by atoms with van der Waals surface area (Å²) >= 11 is 0. The van der Waals surface area contributed by atoms with Crippen LogP contribution in [0.15, 0.2) is 0 Å². The van der Waals surface area contributed by atoms with Gasteiger partial charge in [0, 0.05) is 24.2 Å². The van der Waals surface area contributed by atoms with E-state index in [9.17, 15) is 50.8 Å². The van der Waals surface area contributed by atoms with Crippen LogP contribution >= 0.6 is 0 Å². The number of aliphatic carboxylic acids is 1. The summed E-state index contributed by atoms with van der Waals surface area (Å²) in [6.07, 6.45) is -9.43. The minimum absolute atomic E-state index is 0.0493. The van der Waals surface area contributed by atoms with Crippen molar-refractivity contribution in [3.63, 3.8) is 0 Å². The normalized spacial score (nSPS) is 58.5. The number of carbonyl (C=O) groups is 1. The Balaban J connectivity index is 1.44. The zero-order chi connectivity index (χ0) is 28.0. The van der Waals surface area contributed by atoms with Crippen molar-refractivity contribution < 1.29 is 60.2 Å². The highest BCUT2D eigenvalue weighted by Crippen LogP contribution is 2.70. The molecule has 0 radical (unpaired) electrons. The lowest BCUT2D eigenvalue weighted by Crippen LogP contribution is -2.76. The van der Waals surface area contributed by atoms with Crippen LogP contribution in [0.3, 0.4) is 0 Å². The van der Waals surface area contributed by atoms with Gasteiger partial charge in [-0.1, -0.05) is 6.92 Å². The zero-order valence-electron chi connectivity index (χ0n) is 21.8. The lowest BCUT2D eigenvalue weighted by Gasteiger charge is -2.68. The van der Waals surface area contributed by atoms with E-state index in [0.717, 1.165) is 0 Å². The SMILES string of the molecule is C[C@@H]1O[C@@H](O[C@H]2C[C@@H](O)[C@]3(CO)[C@H]4[C@H](O)C[C@]5(C)C(C(=O)O)CC[C@]5(O)[C@@H]4CC[C@]3(O)C2)[C@H](O)[C@H](O)[C@H]1O. The first-order chi connectivity index (χ1) is 17.7. The standard InChI is InChI=1S/C26H42O12/c1-11-18(30)19(31)20(32)22(37-11)38-12-7-16(29)25(10-27)17-13(3-5-24(25,35)8-12)26(36)6-4-14(21(33)34)23(26,2)9-15(17)28/h11-20,22,27-32,35-36H,3-10H2,1-2H3,(H,33,34)/t11-,12-,13+,14?,15+,16+,17+,18-,19+,20+,22-,23+,24-,25+,26-/m0/s1. The summed E-state index contributed by atoms with van der Waals surface area (Å²) in [5, 5.41) is 98.1. The van der Waals surface area contributed by atoms with Gasteiger partial charge in [0.1, 0.15) is 18.3 Å². The second kappa shape index (κ2) is 9.30. The van der Waals surface area contributed by atoms with Gasteiger partial charge in [0.05, 0.1) is 53.6 Å². The van der Waals surface area contributed by atoms with Crippen LogP contribution in [0.5, 0.6) is 0 Å². The number of carboxylic acids is 1. The van der Waals surface area contributed by atoms with Crippen molar-refractivity contribution in [3.05, 3.63) is 0 Å². The Kier molecular flexibility index (Phi) is 7.00. The summed E-state index contributed by atoms with van der Waals surface area (Å²) < 4.78 is 11.4. The van der Waals surface area contributed by atoms with Crippen molar-refractivity contribution in [2.45, 2.75) is 119 Å². The second-order valence-corrected chi connectivity index (χ2v) is 12.8. The summed E-state index contributed by atoms with van der Waals surface area (Å²) in [6, 6.07) is 0. The van der Waals surface area contributed by atoms with Crippen molar-refractivity contribution in [2.75, 3.05) is 6.61 Å². The van der Waals surface area contributed by atoms with Gasteiger partial charge in [0.2, 0.25) is 0 Å². The average Bonchev–Trinajstić information content (AvgIpc) is 3.11. The molecule has 5 aliphatic rings. The Morgan fingerprint density at radius 2 is 1.68 bits per heavy atom. The molecule has 0 spiro atoms. The van der Waals surface area contributed by atoms with Gasteiger partial charge < -0.3 is 55.4 Å². The number of rotatable bonds is 4. The highest BCUT2D eigenvalue weighted by atomic mass is 16.7. The molecule has 218 valence electrons. The smallest absolute Gasteiger partial charge is 0.307 e. The van der Waals surface area contributed by atoms with E-state index < -0.39 is 101 Å². The van der Waals surface area contributed by atoms with Crippen LogP contribution in [-0.4, -0.2) is 119 Å². The van der Waals surface area contributed by atoms with Gasteiger partial charge in [0.15, 0.2) is 6.29 Å². The Hall–Kier alpha value is -0.930. The molecule has 12 heteroatoms. The van der Waals surface area contributed by atoms with E-state index in [0.29, 0.717) is 0 Å². The molecule has 0 aromatic carbocycles. The quantitative estimate of drug-likeness (QED) is 0.176. The van der Waals surface area contributed by atoms with Gasteiger partial charge in [-0.3, -0.25) is 4.79 Å². The summed E-state index contributed by atoms with van der Waals surface area (Å²) in [6.45, 7) is 2.53. The van der Waals surface area contributed by atoms with Crippen LogP contribution in [0, 0.1) is 28.6 Å². The molecule has 0 aromatic rings. The molecule has 0 aromatic heterocycles. The number of fused-ring (bicyclic) bond motifs is 5. The van der Waals surface area contributed by atoms with E-state index in [1.807, 2.05) is 0 Å². The number of ether oxygens (including phenoxy) is 2. The molecule has 9 N–H and O–H groups in total. The summed E-state index contributed by atoms with van der Waals surface area (Å²) in [5.41, 5.74) is -5.88. The van der Waals surface area contributed by atoms with Crippen molar-refractivity contribution in [3.8, 4) is 0 Å². The predicted octanol–water partition coefficient (Wildman–Crippen LogP) is -1.91. The fourth-order valence-electron chi connectivity index (χ4n) is 9.30. The van der Waals surface area contributed by atoms with E-state index in [4.69, 9.17) is 9.47 Å². The minimum Gasteiger partial charge on any atom is -0.481 e. The maximum absolute atomic E-state index is 12.0. The average molecular weight is 547 g/mol. The highest BCUT2D eigenvalue weighted by Gasteiger charge is 2.75. The lowest BCUT2D eigenvalue weighted by molar-refractivity contribution is -0.342. The molecule has 5 rings (SSSR count). The van der Waals surface area contributed by atoms with Crippen molar-refractivity contribution >= 4 is 5.97 Å². The number of carboxylic acid groups (broad SMARTS) is 1. The number of aliphatic hydroxyl groups is 8. The zero-order valence-corrected chi connectivity index (χ0v) is 21.8. The molecular weight excluding hydrogens is 504 g/mol. The van der Waals surface area contributed by atoms with Gasteiger partial charge in [-0.2, -0.15) is 0 Å². The maximum atomic E-state index is 12.0. The molecule has 4 saturated carbocycles. The molecule has 1 aliphatic heterocycles. The molecule has 1 heterocycles. The molecule has 12 nitrogen and oxygen atoms in total. The molecule has 38 heavy (non-hydrogen) atoms. The van der Waals surface area contributed by atoms with Gasteiger partial charge in [-0.05, 0) is 44.9 Å². The lowest BCUT2D eigenvalue weighted by atomic mass is 9.40. The summed E-state index contributed by atoms with van der Waals surface area (Å²) in [4.78, 5) is 12.0. The van der Waals surface area contributed by atoms with Crippen LogP contribution in [-0.2, 0) is 14.3 Å². The summed E-state index contributed by atoms with van der Waals surface area (Å²) in [5.74, 6) is -3.43. The Morgan fingerprint density at radius 3 is 2.32 bits per heavy atom. The van der Waals surface area contributed by atoms with Crippen LogP contribution in [0.2, 0.25) is 0 Å². The van der Waals surface area contributed by atoms with Crippen molar-refractivity contribution in [1.29, 1.82) is 0 Å². The topological polar surface area (TPSA) is 218 Å². The van der Waals surface area contributed by atoms with E-state index >= 15 is 0 Å². The van der Waals surface area contributed by atoms with Crippen LogP contribution in [0.4, 0.5) is 0 Å². The first-order valence-electron chi connectivity index (χ1n) is 13.7. The van der Waals surface area contributed by atoms with E-state index in [1.165, 1.54) is 6.92 Å². The van der Waals surface area contributed by atoms with Crippen LogP contribution in [0.25, 0.3) is 0 Å². The van der Waals surface area contributed by atoms with Gasteiger partial charge in [-0.25, -0.2) is 0 Å². The summed E-state index contributed by atoms with van der Waals surface area (Å²) in [7, 11) is 0. The predicted molar refractivity (Wildman–Crippen MR) is 127 cm³/mol. The van der Waals surface area contributed by atoms with Gasteiger partial charge >= 0.3 is 5.97 Å². The molecule has 0 bridgehead atoms. The Morgan fingerprint density at radius 1 is 1.00 bits per heavy atom. The van der Waals surface area contributed by atoms with Crippen LogP contribution in [0.1, 0.15) is 58.8 Å². The number of hydrogen-bond acceptors (Lipinski definition) is 11. The Bertz CT molecular complexity index is 934. The number of aliphatic hydroxyl groups excluding tert-OH is 6.